The summed E-state index contributed by atoms with van der Waals surface area (Å²) in [5.74, 6) is -4.66. The Kier molecular flexibility index (Phi) is 25.4. The van der Waals surface area contributed by atoms with Crippen molar-refractivity contribution in [3.63, 3.8) is 0 Å². The first-order valence-corrected chi connectivity index (χ1v) is 31.7. The zero-order chi connectivity index (χ0) is 67.8. The monoisotopic (exact) mass is 1300 g/mol. The number of benzene rings is 8. The van der Waals surface area contributed by atoms with Crippen molar-refractivity contribution in [2.24, 2.45) is 22.9 Å². The van der Waals surface area contributed by atoms with Gasteiger partial charge in [0.1, 0.15) is 26.4 Å². The highest BCUT2D eigenvalue weighted by Crippen LogP contribution is 2.23. The van der Waals surface area contributed by atoms with Crippen molar-refractivity contribution in [1.82, 2.24) is 19.6 Å². The second-order valence-corrected chi connectivity index (χ2v) is 23.9. The van der Waals surface area contributed by atoms with Crippen molar-refractivity contribution < 1.29 is 57.3 Å². The summed E-state index contributed by atoms with van der Waals surface area (Å²) in [5.41, 5.74) is 34.8. The number of carbonyl (C=O) groups is 8. The molecule has 0 spiro atoms. The van der Waals surface area contributed by atoms with Crippen LogP contribution in [0.4, 0.5) is 0 Å². The summed E-state index contributed by atoms with van der Waals surface area (Å²) in [6, 6.07) is 60.7. The molecule has 496 valence electrons. The highest BCUT2D eigenvalue weighted by atomic mass is 16.5. The van der Waals surface area contributed by atoms with Crippen molar-refractivity contribution in [2.45, 2.75) is 129 Å². The number of hydrogen-bond acceptors (Lipinski definition) is 16. The molecule has 8 N–H and O–H groups in total. The van der Waals surface area contributed by atoms with E-state index in [1.807, 2.05) is 218 Å². The topological polar surface area (TPSA) is 291 Å². The van der Waals surface area contributed by atoms with Gasteiger partial charge in [0.05, 0.1) is 49.9 Å². The summed E-state index contributed by atoms with van der Waals surface area (Å²) >= 11 is 0. The Labute approximate surface area is 558 Å². The van der Waals surface area contributed by atoms with E-state index in [1.54, 1.807) is 19.6 Å². The number of esters is 4. The third-order valence-electron chi connectivity index (χ3n) is 16.1. The van der Waals surface area contributed by atoms with Crippen molar-refractivity contribution in [1.29, 1.82) is 0 Å². The predicted molar refractivity (Wildman–Crippen MR) is 358 cm³/mol. The van der Waals surface area contributed by atoms with Crippen LogP contribution in [-0.2, 0) is 136 Å². The van der Waals surface area contributed by atoms with Crippen molar-refractivity contribution in [3.8, 4) is 0 Å². The Morgan fingerprint density at radius 3 is 0.542 bits per heavy atom. The number of nitrogens with zero attached hydrogens (tertiary/aromatic N) is 4. The highest BCUT2D eigenvalue weighted by Gasteiger charge is 2.30. The average molecular weight is 1300 g/mol. The van der Waals surface area contributed by atoms with Crippen molar-refractivity contribution in [2.75, 3.05) is 0 Å². The van der Waals surface area contributed by atoms with E-state index in [2.05, 4.69) is 0 Å². The molecule has 7 aliphatic rings. The van der Waals surface area contributed by atoms with E-state index in [9.17, 15) is 38.4 Å². The average Bonchev–Trinajstić information content (AvgIpc) is 1.07. The first-order chi connectivity index (χ1) is 46.5. The van der Waals surface area contributed by atoms with Crippen LogP contribution in [0.15, 0.2) is 218 Å². The lowest BCUT2D eigenvalue weighted by atomic mass is 10.0. The predicted octanol–water partition coefficient (Wildman–Crippen LogP) is 7.96. The molecule has 20 heteroatoms. The molecule has 0 saturated heterocycles. The van der Waals surface area contributed by atoms with Crippen LogP contribution < -0.4 is 22.9 Å². The summed E-state index contributed by atoms with van der Waals surface area (Å²) in [6.45, 7) is 0.479. The molecule has 96 heavy (non-hydrogen) atoms. The van der Waals surface area contributed by atoms with Crippen LogP contribution in [0.3, 0.4) is 0 Å². The number of hydrogen-bond donors (Lipinski definition) is 4. The quantitative estimate of drug-likeness (QED) is 0.0416. The minimum Gasteiger partial charge on any atom is -0.461 e. The Hall–Kier alpha value is -10.6. The lowest BCUT2D eigenvalue weighted by molar-refractivity contribution is -0.148. The molecule has 0 radical (unpaired) electrons. The van der Waals surface area contributed by atoms with E-state index in [0.717, 1.165) is 22.3 Å². The first-order valence-electron chi connectivity index (χ1n) is 31.7. The minimum atomic E-state index is -1.27. The van der Waals surface area contributed by atoms with Crippen LogP contribution >= 0.6 is 0 Å². The fourth-order valence-corrected chi connectivity index (χ4v) is 10.8. The maximum Gasteiger partial charge on any atom is 0.308 e. The van der Waals surface area contributed by atoms with Gasteiger partial charge in [0.2, 0.25) is 23.6 Å². The highest BCUT2D eigenvalue weighted by molar-refractivity contribution is 5.89. The number of rotatable bonds is 20. The second kappa shape index (κ2) is 35.0. The SMILES string of the molecule is N[C@@H](CC(=O)OCc1ccccc1)C(=O)N1Cc2ccc(cc2)CN(C(=O)[C@@H](N)CC(=O)OCc2ccccc2)Cc2ccc(cc2)CN(C(=O)[C@@H](N)CC(=O)OCc2ccccc2)Cc2ccc(cc2)CN(C(=O)[C@@H](N)CC(=O)OCc2ccccc2)Cc2ccc(cc2)C1. The summed E-state index contributed by atoms with van der Waals surface area (Å²) in [5, 5.41) is 0. The summed E-state index contributed by atoms with van der Waals surface area (Å²) in [7, 11) is 0. The van der Waals surface area contributed by atoms with Crippen LogP contribution in [0, 0.1) is 0 Å². The lowest BCUT2D eigenvalue weighted by Gasteiger charge is -2.28. The van der Waals surface area contributed by atoms with Gasteiger partial charge in [-0.2, -0.15) is 0 Å². The standard InChI is InChI=1S/C76H80N8O12/c77-65(37-69(85)93-49-61-13-5-1-6-14-61)73(89)81-41-53-21-25-55(26-22-53)43-82(74(90)66(78)38-70(86)94-50-62-15-7-2-8-16-62)45-57-29-33-59(34-30-57)47-84(76(92)68(80)40-72(88)96-52-64-19-11-4-12-20-64)48-60-35-31-58(32-36-60)46-83(44-56-27-23-54(42-81)24-28-56)75(91)67(79)39-71(87)95-51-63-17-9-3-10-18-63/h1-36,65-68H,37-52,77-80H2/t65-,66-,67-,68-/m0/s1. The minimum absolute atomic E-state index is 0.00549. The van der Waals surface area contributed by atoms with Gasteiger partial charge in [0.25, 0.3) is 0 Å². The number of amides is 4. The second-order valence-electron chi connectivity index (χ2n) is 23.9. The van der Waals surface area contributed by atoms with Crippen LogP contribution in [0.2, 0.25) is 0 Å². The molecule has 20 nitrogen and oxygen atoms in total. The van der Waals surface area contributed by atoms with Gasteiger partial charge in [-0.1, -0.05) is 218 Å². The molecule has 7 heterocycles. The maximum atomic E-state index is 14.5. The van der Waals surface area contributed by atoms with Gasteiger partial charge in [0.15, 0.2) is 0 Å². The molecule has 0 aliphatic carbocycles. The number of nitrogens with two attached hydrogens (primary N) is 4. The van der Waals surface area contributed by atoms with Crippen LogP contribution in [0.5, 0.6) is 0 Å². The largest absolute Gasteiger partial charge is 0.461 e. The van der Waals surface area contributed by atoms with Crippen LogP contribution in [0.1, 0.15) is 92.4 Å². The molecule has 7 aliphatic heterocycles. The van der Waals surface area contributed by atoms with Gasteiger partial charge in [-0.15, -0.1) is 0 Å². The van der Waals surface area contributed by atoms with E-state index in [0.29, 0.717) is 44.5 Å². The van der Waals surface area contributed by atoms with Crippen LogP contribution in [-0.4, -0.2) is 91.3 Å². The lowest BCUT2D eigenvalue weighted by Crippen LogP contribution is -2.44. The van der Waals surface area contributed by atoms with Gasteiger partial charge >= 0.3 is 23.9 Å². The van der Waals surface area contributed by atoms with E-state index in [4.69, 9.17) is 41.9 Å². The Balaban J connectivity index is 1.01. The zero-order valence-corrected chi connectivity index (χ0v) is 53.4. The maximum absolute atomic E-state index is 14.5. The molecular weight excluding hydrogens is 1220 g/mol. The van der Waals surface area contributed by atoms with Gasteiger partial charge < -0.3 is 61.5 Å². The van der Waals surface area contributed by atoms with Gasteiger partial charge in [-0.25, -0.2) is 0 Å². The molecule has 4 atom stereocenters. The molecule has 8 aromatic rings. The fourth-order valence-electron chi connectivity index (χ4n) is 10.8. The van der Waals surface area contributed by atoms with Crippen LogP contribution in [0.25, 0.3) is 0 Å². The Morgan fingerprint density at radius 1 is 0.250 bits per heavy atom. The molecule has 0 unspecified atom stereocenters. The summed E-state index contributed by atoms with van der Waals surface area (Å²) < 4.78 is 22.0. The van der Waals surface area contributed by atoms with E-state index >= 15 is 0 Å². The van der Waals surface area contributed by atoms with Gasteiger partial charge in [-0.05, 0) is 66.8 Å². The van der Waals surface area contributed by atoms with E-state index in [1.165, 1.54) is 0 Å². The summed E-state index contributed by atoms with van der Waals surface area (Å²) in [4.78, 5) is 117. The third-order valence-corrected chi connectivity index (χ3v) is 16.1. The third kappa shape index (κ3) is 21.7. The fraction of sp³-hybridized carbons (Fsp3) is 0.263. The molecule has 4 amide bonds. The number of carbonyl (C=O) groups excluding carboxylic acids is 8. The molecule has 15 rings (SSSR count). The molecule has 8 aromatic carbocycles. The van der Waals surface area contributed by atoms with Gasteiger partial charge in [-0.3, -0.25) is 38.4 Å². The smallest absolute Gasteiger partial charge is 0.308 e. The molecule has 0 saturated carbocycles. The summed E-state index contributed by atoms with van der Waals surface area (Å²) in [6.07, 6.45) is -1.55. The first kappa shape index (κ1) is 69.7. The number of ether oxygens (including phenoxy) is 4. The van der Waals surface area contributed by atoms with Crippen molar-refractivity contribution in [3.05, 3.63) is 285 Å². The molecular formula is C76H80N8O12. The zero-order valence-electron chi connectivity index (χ0n) is 53.4. The van der Waals surface area contributed by atoms with Gasteiger partial charge in [0, 0.05) is 52.4 Å². The van der Waals surface area contributed by atoms with E-state index < -0.39 is 71.7 Å². The molecule has 8 bridgehead atoms. The Bertz CT molecular complexity index is 3260. The molecule has 0 aromatic heterocycles. The Morgan fingerprint density at radius 2 is 0.396 bits per heavy atom. The van der Waals surface area contributed by atoms with Crippen molar-refractivity contribution >= 4 is 47.5 Å². The molecule has 0 fully saturated rings. The normalized spacial score (nSPS) is 14.1. The van der Waals surface area contributed by atoms with E-state index in [-0.39, 0.29) is 104 Å².